The molecule has 3 rings (SSSR count). The van der Waals surface area contributed by atoms with Gasteiger partial charge < -0.3 is 10.6 Å². The summed E-state index contributed by atoms with van der Waals surface area (Å²) in [5.41, 5.74) is 5.03. The summed E-state index contributed by atoms with van der Waals surface area (Å²) in [4.78, 5) is 22.1. The summed E-state index contributed by atoms with van der Waals surface area (Å²) >= 11 is 0. The number of carbonyl (C=O) groups excluding carboxylic acids is 2. The van der Waals surface area contributed by atoms with Crippen molar-refractivity contribution < 1.29 is 9.59 Å². The quantitative estimate of drug-likeness (QED) is 0.564. The molecule has 0 bridgehead atoms. The van der Waals surface area contributed by atoms with Gasteiger partial charge in [-0.15, -0.1) is 0 Å². The van der Waals surface area contributed by atoms with Crippen LogP contribution in [0.2, 0.25) is 0 Å². The average Bonchev–Trinajstić information content (AvgIpc) is 2.68. The molecule has 0 aliphatic heterocycles. The van der Waals surface area contributed by atoms with E-state index in [2.05, 4.69) is 20.9 Å². The van der Waals surface area contributed by atoms with E-state index in [0.29, 0.717) is 5.69 Å². The highest BCUT2D eigenvalue weighted by molar-refractivity contribution is 5.89. The smallest absolute Gasteiger partial charge is 0.221 e. The first-order chi connectivity index (χ1) is 13.5. The number of rotatable bonds is 5. The van der Waals surface area contributed by atoms with Gasteiger partial charge in [-0.05, 0) is 59.7 Å². The molecule has 0 aliphatic rings. The molecule has 3 aromatic carbocycles. The van der Waals surface area contributed by atoms with E-state index in [0.717, 1.165) is 28.2 Å². The molecule has 0 radical (unpaired) electrons. The Morgan fingerprint density at radius 3 is 1.29 bits per heavy atom. The van der Waals surface area contributed by atoms with E-state index in [1.54, 1.807) is 24.3 Å². The molecule has 0 heterocycles. The van der Waals surface area contributed by atoms with Gasteiger partial charge in [0.1, 0.15) is 0 Å². The molecule has 2 N–H and O–H groups in total. The van der Waals surface area contributed by atoms with Gasteiger partial charge in [-0.1, -0.05) is 24.3 Å². The van der Waals surface area contributed by atoms with Crippen LogP contribution in [0, 0.1) is 0 Å². The zero-order chi connectivity index (χ0) is 19.9. The molecule has 0 aliphatic carbocycles. The summed E-state index contributed by atoms with van der Waals surface area (Å²) in [6, 6.07) is 22.5. The number of nitrogens with one attached hydrogen (secondary N) is 2. The molecule has 6 nitrogen and oxygen atoms in total. The van der Waals surface area contributed by atoms with Gasteiger partial charge in [0, 0.05) is 25.2 Å². The summed E-state index contributed by atoms with van der Waals surface area (Å²) in [5, 5.41) is 13.9. The monoisotopic (exact) mass is 372 g/mol. The van der Waals surface area contributed by atoms with Crippen LogP contribution < -0.4 is 10.6 Å². The minimum absolute atomic E-state index is 0.0905. The number of hydrogen-bond acceptors (Lipinski definition) is 4. The Morgan fingerprint density at radius 1 is 0.571 bits per heavy atom. The molecular formula is C22H20N4O2. The number of azo groups is 1. The van der Waals surface area contributed by atoms with Gasteiger partial charge in [0.15, 0.2) is 0 Å². The van der Waals surface area contributed by atoms with Crippen molar-refractivity contribution in [2.75, 3.05) is 10.6 Å². The zero-order valence-corrected chi connectivity index (χ0v) is 15.6. The van der Waals surface area contributed by atoms with Crippen LogP contribution in [0.15, 0.2) is 83.0 Å². The fraction of sp³-hybridized carbons (Fsp3) is 0.0909. The van der Waals surface area contributed by atoms with Crippen molar-refractivity contribution in [2.24, 2.45) is 10.2 Å². The third-order valence-electron chi connectivity index (χ3n) is 3.87. The summed E-state index contributed by atoms with van der Waals surface area (Å²) in [7, 11) is 0. The maximum Gasteiger partial charge on any atom is 0.221 e. The van der Waals surface area contributed by atoms with Gasteiger partial charge in [-0.3, -0.25) is 9.59 Å². The Hall–Kier alpha value is -3.80. The minimum Gasteiger partial charge on any atom is -0.326 e. The van der Waals surface area contributed by atoms with Crippen molar-refractivity contribution in [2.45, 2.75) is 13.8 Å². The van der Waals surface area contributed by atoms with Crippen molar-refractivity contribution in [3.05, 3.63) is 72.8 Å². The first-order valence-corrected chi connectivity index (χ1v) is 8.77. The first-order valence-electron chi connectivity index (χ1n) is 8.77. The Balaban J connectivity index is 1.66. The standard InChI is InChI=1S/C22H20N4O2/c1-15(27)23-19-7-3-17(4-8-19)18-5-9-21(10-6-18)25-26-22-13-11-20(12-14-22)24-16(2)28/h3-14H,1-2H3,(H,23,27)(H,24,28). The molecule has 2 amide bonds. The third kappa shape index (κ3) is 5.35. The lowest BCUT2D eigenvalue weighted by atomic mass is 10.1. The fourth-order valence-electron chi connectivity index (χ4n) is 2.60. The summed E-state index contributed by atoms with van der Waals surface area (Å²) in [5.74, 6) is -0.202. The van der Waals surface area contributed by atoms with Crippen molar-refractivity contribution in [1.29, 1.82) is 0 Å². The van der Waals surface area contributed by atoms with Gasteiger partial charge in [-0.25, -0.2) is 0 Å². The molecule has 0 aromatic heterocycles. The number of amides is 2. The van der Waals surface area contributed by atoms with E-state index in [1.807, 2.05) is 48.5 Å². The van der Waals surface area contributed by atoms with E-state index >= 15 is 0 Å². The molecule has 3 aromatic rings. The number of benzene rings is 3. The maximum absolute atomic E-state index is 11.1. The highest BCUT2D eigenvalue weighted by Crippen LogP contribution is 2.25. The largest absolute Gasteiger partial charge is 0.326 e. The number of anilines is 2. The Bertz CT molecular complexity index is 992. The molecule has 0 atom stereocenters. The maximum atomic E-state index is 11.1. The van der Waals surface area contributed by atoms with Crippen LogP contribution in [0.25, 0.3) is 11.1 Å². The van der Waals surface area contributed by atoms with Crippen molar-refractivity contribution in [1.82, 2.24) is 0 Å². The minimum atomic E-state index is -0.112. The predicted octanol–water partition coefficient (Wildman–Crippen LogP) is 5.69. The Labute approximate surface area is 163 Å². The lowest BCUT2D eigenvalue weighted by Gasteiger charge is -2.05. The van der Waals surface area contributed by atoms with Gasteiger partial charge in [0.25, 0.3) is 0 Å². The van der Waals surface area contributed by atoms with Crippen LogP contribution in [0.1, 0.15) is 13.8 Å². The normalized spacial score (nSPS) is 10.6. The third-order valence-corrected chi connectivity index (χ3v) is 3.87. The summed E-state index contributed by atoms with van der Waals surface area (Å²) in [6.07, 6.45) is 0. The fourth-order valence-corrected chi connectivity index (χ4v) is 2.60. The first kappa shape index (κ1) is 19.0. The zero-order valence-electron chi connectivity index (χ0n) is 15.6. The van der Waals surface area contributed by atoms with Crippen molar-refractivity contribution >= 4 is 34.6 Å². The van der Waals surface area contributed by atoms with E-state index in [1.165, 1.54) is 13.8 Å². The van der Waals surface area contributed by atoms with Gasteiger partial charge >= 0.3 is 0 Å². The van der Waals surface area contributed by atoms with Crippen LogP contribution in [-0.2, 0) is 9.59 Å². The second-order valence-electron chi connectivity index (χ2n) is 6.23. The SMILES string of the molecule is CC(=O)Nc1ccc(N=Nc2ccc(-c3ccc(NC(C)=O)cc3)cc2)cc1. The molecule has 0 unspecified atom stereocenters. The molecular weight excluding hydrogens is 352 g/mol. The molecule has 0 saturated heterocycles. The molecule has 140 valence electrons. The molecule has 28 heavy (non-hydrogen) atoms. The lowest BCUT2D eigenvalue weighted by molar-refractivity contribution is -0.115. The van der Waals surface area contributed by atoms with E-state index in [-0.39, 0.29) is 11.8 Å². The van der Waals surface area contributed by atoms with Crippen LogP contribution in [-0.4, -0.2) is 11.8 Å². The summed E-state index contributed by atoms with van der Waals surface area (Å²) in [6.45, 7) is 2.95. The molecule has 0 saturated carbocycles. The lowest BCUT2D eigenvalue weighted by Crippen LogP contribution is -2.05. The van der Waals surface area contributed by atoms with E-state index in [9.17, 15) is 9.59 Å². The van der Waals surface area contributed by atoms with Crippen LogP contribution in [0.3, 0.4) is 0 Å². The number of nitrogens with zero attached hydrogens (tertiary/aromatic N) is 2. The van der Waals surface area contributed by atoms with Gasteiger partial charge in [-0.2, -0.15) is 10.2 Å². The van der Waals surface area contributed by atoms with Crippen LogP contribution >= 0.6 is 0 Å². The van der Waals surface area contributed by atoms with Crippen molar-refractivity contribution in [3.63, 3.8) is 0 Å². The molecule has 6 heteroatoms. The highest BCUT2D eigenvalue weighted by atomic mass is 16.2. The number of carbonyl (C=O) groups is 2. The van der Waals surface area contributed by atoms with Crippen LogP contribution in [0.4, 0.5) is 22.7 Å². The highest BCUT2D eigenvalue weighted by Gasteiger charge is 2.00. The van der Waals surface area contributed by atoms with Gasteiger partial charge in [0.05, 0.1) is 11.4 Å². The average molecular weight is 372 g/mol. The van der Waals surface area contributed by atoms with Crippen LogP contribution in [0.5, 0.6) is 0 Å². The molecule has 0 fully saturated rings. The van der Waals surface area contributed by atoms with Gasteiger partial charge in [0.2, 0.25) is 11.8 Å². The number of hydrogen-bond donors (Lipinski definition) is 2. The topological polar surface area (TPSA) is 82.9 Å². The Kier molecular flexibility index (Phi) is 5.91. The van der Waals surface area contributed by atoms with E-state index in [4.69, 9.17) is 0 Å². The second kappa shape index (κ2) is 8.73. The Morgan fingerprint density at radius 2 is 0.893 bits per heavy atom. The summed E-state index contributed by atoms with van der Waals surface area (Å²) < 4.78 is 0. The van der Waals surface area contributed by atoms with E-state index < -0.39 is 0 Å². The second-order valence-corrected chi connectivity index (χ2v) is 6.23. The predicted molar refractivity (Wildman–Crippen MR) is 111 cm³/mol. The molecule has 0 spiro atoms. The van der Waals surface area contributed by atoms with Crippen molar-refractivity contribution in [3.8, 4) is 11.1 Å².